The van der Waals surface area contributed by atoms with Crippen LogP contribution in [-0.2, 0) is 0 Å². The SMILES string of the molecule is C=CC(=C/C)/C=C(\C)Br. The van der Waals surface area contributed by atoms with Crippen LogP contribution in [-0.4, -0.2) is 0 Å². The maximum Gasteiger partial charge on any atom is -0.00746 e. The zero-order valence-electron chi connectivity index (χ0n) is 5.82. The highest BCUT2D eigenvalue weighted by molar-refractivity contribution is 9.11. The Labute approximate surface area is 65.1 Å². The van der Waals surface area contributed by atoms with Gasteiger partial charge in [-0.3, -0.25) is 0 Å². The third-order valence-electron chi connectivity index (χ3n) is 0.935. The van der Waals surface area contributed by atoms with Crippen LogP contribution in [0, 0.1) is 0 Å². The Morgan fingerprint density at radius 1 is 1.56 bits per heavy atom. The monoisotopic (exact) mass is 186 g/mol. The van der Waals surface area contributed by atoms with Gasteiger partial charge in [0.1, 0.15) is 0 Å². The number of hydrogen-bond acceptors (Lipinski definition) is 0. The Bertz CT molecular complexity index is 148. The van der Waals surface area contributed by atoms with Crippen molar-refractivity contribution in [2.75, 3.05) is 0 Å². The quantitative estimate of drug-likeness (QED) is 0.581. The third-order valence-corrected chi connectivity index (χ3v) is 1.16. The molecule has 0 bridgehead atoms. The first-order valence-electron chi connectivity index (χ1n) is 2.83. The number of rotatable bonds is 2. The smallest absolute Gasteiger partial charge is 0.00746 e. The van der Waals surface area contributed by atoms with E-state index in [1.165, 1.54) is 0 Å². The van der Waals surface area contributed by atoms with Gasteiger partial charge in [-0.25, -0.2) is 0 Å². The molecule has 0 saturated carbocycles. The first-order chi connectivity index (χ1) is 4.20. The van der Waals surface area contributed by atoms with Crippen LogP contribution in [0.1, 0.15) is 13.8 Å². The van der Waals surface area contributed by atoms with E-state index in [2.05, 4.69) is 22.5 Å². The van der Waals surface area contributed by atoms with E-state index in [1.807, 2.05) is 32.1 Å². The van der Waals surface area contributed by atoms with Crippen LogP contribution in [0.3, 0.4) is 0 Å². The summed E-state index contributed by atoms with van der Waals surface area (Å²) in [6.07, 6.45) is 5.86. The van der Waals surface area contributed by atoms with Gasteiger partial charge < -0.3 is 0 Å². The maximum absolute atomic E-state index is 3.65. The molecule has 0 nitrogen and oxygen atoms in total. The summed E-state index contributed by atoms with van der Waals surface area (Å²) in [5.74, 6) is 0. The second kappa shape index (κ2) is 4.57. The minimum absolute atomic E-state index is 1.12. The van der Waals surface area contributed by atoms with Crippen LogP contribution >= 0.6 is 15.9 Å². The molecule has 0 radical (unpaired) electrons. The Morgan fingerprint density at radius 3 is 2.22 bits per heavy atom. The molecule has 1 heteroatoms. The summed E-state index contributed by atoms with van der Waals surface area (Å²) in [5, 5.41) is 0. The minimum atomic E-state index is 1.12. The average molecular weight is 187 g/mol. The first-order valence-corrected chi connectivity index (χ1v) is 3.62. The normalized spacial score (nSPS) is 13.7. The van der Waals surface area contributed by atoms with Crippen molar-refractivity contribution in [1.82, 2.24) is 0 Å². The van der Waals surface area contributed by atoms with E-state index in [4.69, 9.17) is 0 Å². The van der Waals surface area contributed by atoms with Crippen LogP contribution < -0.4 is 0 Å². The third kappa shape index (κ3) is 4.22. The molecule has 0 aliphatic heterocycles. The molecular formula is C8H11Br. The second-order valence-electron chi connectivity index (χ2n) is 1.72. The maximum atomic E-state index is 3.65. The number of halogens is 1. The fourth-order valence-corrected chi connectivity index (χ4v) is 0.754. The molecule has 0 saturated heterocycles. The van der Waals surface area contributed by atoms with Gasteiger partial charge in [-0.15, -0.1) is 0 Å². The molecule has 0 aromatic carbocycles. The lowest BCUT2D eigenvalue weighted by Crippen LogP contribution is -1.67. The highest BCUT2D eigenvalue weighted by Gasteiger charge is 1.81. The van der Waals surface area contributed by atoms with E-state index in [1.54, 1.807) is 0 Å². The van der Waals surface area contributed by atoms with Crippen molar-refractivity contribution in [1.29, 1.82) is 0 Å². The highest BCUT2D eigenvalue weighted by Crippen LogP contribution is 2.07. The van der Waals surface area contributed by atoms with Gasteiger partial charge in [0.15, 0.2) is 0 Å². The molecule has 0 amide bonds. The van der Waals surface area contributed by atoms with Crippen molar-refractivity contribution in [3.63, 3.8) is 0 Å². The Morgan fingerprint density at radius 2 is 2.11 bits per heavy atom. The fourth-order valence-electron chi connectivity index (χ4n) is 0.490. The summed E-state index contributed by atoms with van der Waals surface area (Å²) < 4.78 is 1.12. The van der Waals surface area contributed by atoms with Gasteiger partial charge in [0.25, 0.3) is 0 Å². The van der Waals surface area contributed by atoms with Crippen molar-refractivity contribution in [2.24, 2.45) is 0 Å². The first kappa shape index (κ1) is 8.70. The summed E-state index contributed by atoms with van der Waals surface area (Å²) in [6, 6.07) is 0. The van der Waals surface area contributed by atoms with Crippen LogP contribution in [0.15, 0.2) is 34.9 Å². The molecule has 0 fully saturated rings. The van der Waals surface area contributed by atoms with Crippen molar-refractivity contribution in [3.8, 4) is 0 Å². The lowest BCUT2D eigenvalue weighted by Gasteiger charge is -1.89. The van der Waals surface area contributed by atoms with Gasteiger partial charge in [0.2, 0.25) is 0 Å². The zero-order chi connectivity index (χ0) is 7.28. The molecule has 0 unspecified atom stereocenters. The number of allylic oxidation sites excluding steroid dienone is 5. The average Bonchev–Trinajstić information content (AvgIpc) is 1.82. The molecule has 0 rings (SSSR count). The molecule has 0 spiro atoms. The standard InChI is InChI=1S/C8H11Br/c1-4-8(5-2)6-7(3)9/h4-6H,1H2,2-3H3/b7-6+,8-5-. The van der Waals surface area contributed by atoms with Gasteiger partial charge in [-0.2, -0.15) is 0 Å². The molecular weight excluding hydrogens is 176 g/mol. The zero-order valence-corrected chi connectivity index (χ0v) is 7.40. The van der Waals surface area contributed by atoms with Crippen molar-refractivity contribution in [2.45, 2.75) is 13.8 Å². The predicted molar refractivity (Wildman–Crippen MR) is 46.6 cm³/mol. The molecule has 50 valence electrons. The minimum Gasteiger partial charge on any atom is -0.0985 e. The fraction of sp³-hybridized carbons (Fsp3) is 0.250. The van der Waals surface area contributed by atoms with E-state index in [0.29, 0.717) is 0 Å². The molecule has 0 atom stereocenters. The summed E-state index contributed by atoms with van der Waals surface area (Å²) in [6.45, 7) is 7.63. The summed E-state index contributed by atoms with van der Waals surface area (Å²) in [7, 11) is 0. The highest BCUT2D eigenvalue weighted by atomic mass is 79.9. The molecule has 9 heavy (non-hydrogen) atoms. The van der Waals surface area contributed by atoms with E-state index in [0.717, 1.165) is 10.1 Å². The molecule has 0 aromatic rings. The van der Waals surface area contributed by atoms with Gasteiger partial charge in [-0.05, 0) is 30.0 Å². The molecule has 0 heterocycles. The van der Waals surface area contributed by atoms with Gasteiger partial charge in [0, 0.05) is 0 Å². The van der Waals surface area contributed by atoms with Crippen molar-refractivity contribution in [3.05, 3.63) is 34.9 Å². The number of hydrogen-bond donors (Lipinski definition) is 0. The van der Waals surface area contributed by atoms with Gasteiger partial charge in [0.05, 0.1) is 0 Å². The second-order valence-corrected chi connectivity index (χ2v) is 2.97. The molecule has 0 aromatic heterocycles. The van der Waals surface area contributed by atoms with Crippen LogP contribution in [0.2, 0.25) is 0 Å². The van der Waals surface area contributed by atoms with Crippen LogP contribution in [0.4, 0.5) is 0 Å². The van der Waals surface area contributed by atoms with E-state index >= 15 is 0 Å². The molecule has 0 aliphatic rings. The van der Waals surface area contributed by atoms with Crippen molar-refractivity contribution >= 4 is 15.9 Å². The van der Waals surface area contributed by atoms with Gasteiger partial charge >= 0.3 is 0 Å². The lowest BCUT2D eigenvalue weighted by molar-refractivity contribution is 1.57. The lowest BCUT2D eigenvalue weighted by atomic mass is 10.2. The Kier molecular flexibility index (Phi) is 4.41. The van der Waals surface area contributed by atoms with E-state index in [9.17, 15) is 0 Å². The summed E-state index contributed by atoms with van der Waals surface area (Å²) >= 11 is 3.33. The molecule has 0 aliphatic carbocycles. The van der Waals surface area contributed by atoms with E-state index < -0.39 is 0 Å². The molecule has 0 N–H and O–H groups in total. The summed E-state index contributed by atoms with van der Waals surface area (Å²) in [5.41, 5.74) is 1.14. The summed E-state index contributed by atoms with van der Waals surface area (Å²) in [4.78, 5) is 0. The Balaban J connectivity index is 4.18. The topological polar surface area (TPSA) is 0 Å². The van der Waals surface area contributed by atoms with Crippen molar-refractivity contribution < 1.29 is 0 Å². The van der Waals surface area contributed by atoms with Crippen LogP contribution in [0.5, 0.6) is 0 Å². The van der Waals surface area contributed by atoms with E-state index in [-0.39, 0.29) is 0 Å². The van der Waals surface area contributed by atoms with Crippen LogP contribution in [0.25, 0.3) is 0 Å². The predicted octanol–water partition coefficient (Wildman–Crippen LogP) is 3.42. The Hall–Kier alpha value is -0.300. The van der Waals surface area contributed by atoms with Gasteiger partial charge in [-0.1, -0.05) is 34.7 Å². The largest absolute Gasteiger partial charge is 0.0985 e.